The minimum absolute atomic E-state index is 0.0394. The minimum atomic E-state index is -1.24. The third-order valence-electron chi connectivity index (χ3n) is 12.5. The molecule has 1 unspecified atom stereocenters. The zero-order valence-corrected chi connectivity index (χ0v) is 21.3. The summed E-state index contributed by atoms with van der Waals surface area (Å²) in [7, 11) is 0. The molecule has 186 valence electrons. The summed E-state index contributed by atoms with van der Waals surface area (Å²) in [6.07, 6.45) is 9.51. The number of fused-ring (bicyclic) bond motifs is 8. The van der Waals surface area contributed by atoms with Crippen LogP contribution in [0.3, 0.4) is 0 Å². The van der Waals surface area contributed by atoms with Gasteiger partial charge in [0.15, 0.2) is 5.41 Å². The maximum atomic E-state index is 14.5. The van der Waals surface area contributed by atoms with Crippen LogP contribution in [0.2, 0.25) is 0 Å². The molecular weight excluding hydrogens is 436 g/mol. The standard InChI is InChI=1S/C31H38O4/c1-5-19-11-13-23-22-12-10-18-8-6-7-9-21(18)25(22)30(17-31(19,23)35-27(30)33)26(32)34-24-16-20-14-15-29(24,4)28(20,2)3/h5-9,19-20,22-25H,1,10-17H2,2-4H3/t19-,20+,22-,23+,24?,25-,29+,30-,31-/m0/s1. The number of ether oxygens (including phenoxy) is 2. The van der Waals surface area contributed by atoms with Crippen molar-refractivity contribution in [1.29, 1.82) is 0 Å². The third kappa shape index (κ3) is 2.40. The van der Waals surface area contributed by atoms with Gasteiger partial charge in [-0.15, -0.1) is 6.58 Å². The SMILES string of the molecule is C=C[C@H]1CC[C@@H]2[C@@H]3CCc4ccccc4[C@@H]3[C@]3(C(=O)OC4C[C@H]5CC[C@@]4(C)C5(C)C)C[C@@]21OC3=O. The predicted molar refractivity (Wildman–Crippen MR) is 132 cm³/mol. The van der Waals surface area contributed by atoms with Gasteiger partial charge in [0.1, 0.15) is 11.7 Å². The summed E-state index contributed by atoms with van der Waals surface area (Å²) in [6, 6.07) is 8.46. The van der Waals surface area contributed by atoms with Crippen molar-refractivity contribution in [2.75, 3.05) is 0 Å². The Morgan fingerprint density at radius 3 is 2.66 bits per heavy atom. The van der Waals surface area contributed by atoms with E-state index >= 15 is 0 Å². The van der Waals surface area contributed by atoms with Crippen molar-refractivity contribution in [2.45, 2.75) is 89.8 Å². The van der Waals surface area contributed by atoms with E-state index in [4.69, 9.17) is 9.47 Å². The average Bonchev–Trinajstić information content (AvgIpc) is 3.47. The van der Waals surface area contributed by atoms with E-state index in [1.165, 1.54) is 17.5 Å². The third-order valence-corrected chi connectivity index (χ3v) is 12.5. The molecule has 0 N–H and O–H groups in total. The molecule has 1 heterocycles. The van der Waals surface area contributed by atoms with Gasteiger partial charge < -0.3 is 9.47 Å². The van der Waals surface area contributed by atoms with Crippen LogP contribution in [0.5, 0.6) is 0 Å². The number of carbonyl (C=O) groups excluding carboxylic acids is 2. The zero-order chi connectivity index (χ0) is 24.4. The summed E-state index contributed by atoms with van der Waals surface area (Å²) in [4.78, 5) is 28.5. The van der Waals surface area contributed by atoms with Crippen molar-refractivity contribution in [3.63, 3.8) is 0 Å². The van der Waals surface area contributed by atoms with E-state index in [2.05, 4.69) is 51.6 Å². The maximum absolute atomic E-state index is 14.5. The molecule has 1 aliphatic heterocycles. The first-order valence-corrected chi connectivity index (χ1v) is 13.8. The van der Waals surface area contributed by atoms with Crippen LogP contribution in [0.15, 0.2) is 36.9 Å². The topological polar surface area (TPSA) is 52.6 Å². The Hall–Kier alpha value is -2.10. The lowest BCUT2D eigenvalue weighted by molar-refractivity contribution is -0.177. The first kappa shape index (κ1) is 22.1. The van der Waals surface area contributed by atoms with Crippen LogP contribution < -0.4 is 0 Å². The maximum Gasteiger partial charge on any atom is 0.324 e. The molecule has 4 nitrogen and oxygen atoms in total. The van der Waals surface area contributed by atoms with Crippen molar-refractivity contribution in [1.82, 2.24) is 0 Å². The lowest BCUT2D eigenvalue weighted by Gasteiger charge is -2.51. The fraction of sp³-hybridized carbons (Fsp3) is 0.677. The van der Waals surface area contributed by atoms with Crippen molar-refractivity contribution < 1.29 is 19.1 Å². The highest BCUT2D eigenvalue weighted by Crippen LogP contribution is 2.71. The van der Waals surface area contributed by atoms with E-state index in [1.807, 2.05) is 6.08 Å². The number of carbonyl (C=O) groups is 2. The first-order chi connectivity index (χ1) is 16.7. The molecule has 1 aromatic rings. The molecule has 6 aliphatic rings. The summed E-state index contributed by atoms with van der Waals surface area (Å²) in [5.41, 5.74) is 0.718. The van der Waals surface area contributed by atoms with Gasteiger partial charge in [0.2, 0.25) is 0 Å². The summed E-state index contributed by atoms with van der Waals surface area (Å²) in [5, 5.41) is 0. The largest absolute Gasteiger partial charge is 0.461 e. The minimum Gasteiger partial charge on any atom is -0.461 e. The molecule has 4 heteroatoms. The van der Waals surface area contributed by atoms with Crippen LogP contribution in [-0.4, -0.2) is 23.6 Å². The second-order valence-electron chi connectivity index (χ2n) is 13.4. The average molecular weight is 475 g/mol. The van der Waals surface area contributed by atoms with Gasteiger partial charge in [-0.2, -0.15) is 0 Å². The normalized spacial score (nSPS) is 48.0. The summed E-state index contributed by atoms with van der Waals surface area (Å²) in [5.74, 6) is 0.430. The van der Waals surface area contributed by atoms with E-state index in [0.29, 0.717) is 12.3 Å². The van der Waals surface area contributed by atoms with Gasteiger partial charge in [0.25, 0.3) is 0 Å². The lowest BCUT2D eigenvalue weighted by atomic mass is 9.50. The van der Waals surface area contributed by atoms with Gasteiger partial charge >= 0.3 is 11.9 Å². The van der Waals surface area contributed by atoms with Gasteiger partial charge in [0, 0.05) is 29.6 Å². The molecule has 5 fully saturated rings. The molecule has 35 heavy (non-hydrogen) atoms. The molecule has 4 bridgehead atoms. The number of benzene rings is 1. The summed E-state index contributed by atoms with van der Waals surface area (Å²) >= 11 is 0. The molecule has 1 spiro atoms. The molecule has 4 saturated carbocycles. The predicted octanol–water partition coefficient (Wildman–Crippen LogP) is 5.99. The molecule has 9 atom stereocenters. The Kier molecular flexibility index (Phi) is 4.30. The molecule has 0 radical (unpaired) electrons. The highest BCUT2D eigenvalue weighted by atomic mass is 16.6. The molecule has 0 aromatic heterocycles. The van der Waals surface area contributed by atoms with Gasteiger partial charge in [-0.1, -0.05) is 51.1 Å². The number of esters is 2. The quantitative estimate of drug-likeness (QED) is 0.307. The first-order valence-electron chi connectivity index (χ1n) is 13.8. The van der Waals surface area contributed by atoms with Gasteiger partial charge in [0.05, 0.1) is 0 Å². The Balaban J connectivity index is 1.34. The zero-order valence-electron chi connectivity index (χ0n) is 21.3. The van der Waals surface area contributed by atoms with Gasteiger partial charge in [-0.05, 0) is 73.3 Å². The van der Waals surface area contributed by atoms with Crippen LogP contribution in [0.4, 0.5) is 0 Å². The highest BCUT2D eigenvalue weighted by molar-refractivity contribution is 6.04. The summed E-state index contributed by atoms with van der Waals surface area (Å²) in [6.45, 7) is 11.1. The van der Waals surface area contributed by atoms with Gasteiger partial charge in [-0.25, -0.2) is 0 Å². The van der Waals surface area contributed by atoms with Gasteiger partial charge in [-0.3, -0.25) is 9.59 Å². The fourth-order valence-electron chi connectivity index (χ4n) is 10.1. The number of hydrogen-bond donors (Lipinski definition) is 0. The second-order valence-corrected chi connectivity index (χ2v) is 13.4. The fourth-order valence-corrected chi connectivity index (χ4v) is 10.1. The number of aryl methyl sites for hydroxylation is 1. The van der Waals surface area contributed by atoms with E-state index in [9.17, 15) is 9.59 Å². The van der Waals surface area contributed by atoms with Crippen LogP contribution in [0, 0.1) is 39.9 Å². The number of hydrogen-bond acceptors (Lipinski definition) is 4. The molecule has 0 amide bonds. The van der Waals surface area contributed by atoms with E-state index < -0.39 is 11.0 Å². The summed E-state index contributed by atoms with van der Waals surface area (Å²) < 4.78 is 12.9. The monoisotopic (exact) mass is 474 g/mol. The smallest absolute Gasteiger partial charge is 0.324 e. The Bertz CT molecular complexity index is 1140. The molecular formula is C31H38O4. The van der Waals surface area contributed by atoms with E-state index in [0.717, 1.165) is 38.5 Å². The molecule has 5 aliphatic carbocycles. The number of rotatable bonds is 3. The molecule has 7 rings (SSSR count). The van der Waals surface area contributed by atoms with Crippen LogP contribution >= 0.6 is 0 Å². The van der Waals surface area contributed by atoms with Crippen LogP contribution in [0.25, 0.3) is 0 Å². The Morgan fingerprint density at radius 1 is 1.14 bits per heavy atom. The Labute approximate surface area is 208 Å². The highest BCUT2D eigenvalue weighted by Gasteiger charge is 2.77. The van der Waals surface area contributed by atoms with Crippen molar-refractivity contribution in [3.05, 3.63) is 48.0 Å². The second kappa shape index (κ2) is 6.81. The van der Waals surface area contributed by atoms with Crippen LogP contribution in [-0.2, 0) is 25.5 Å². The van der Waals surface area contributed by atoms with Crippen molar-refractivity contribution >= 4 is 11.9 Å². The van der Waals surface area contributed by atoms with E-state index in [-0.39, 0.29) is 52.5 Å². The van der Waals surface area contributed by atoms with Crippen molar-refractivity contribution in [3.8, 4) is 0 Å². The Morgan fingerprint density at radius 2 is 1.94 bits per heavy atom. The van der Waals surface area contributed by atoms with Crippen LogP contribution in [0.1, 0.15) is 82.8 Å². The molecule has 1 aromatic carbocycles. The lowest BCUT2D eigenvalue weighted by Crippen LogP contribution is -2.56. The van der Waals surface area contributed by atoms with E-state index in [1.54, 1.807) is 0 Å². The van der Waals surface area contributed by atoms with Crippen molar-refractivity contribution in [2.24, 2.45) is 39.9 Å². The molecule has 1 saturated heterocycles.